The summed E-state index contributed by atoms with van der Waals surface area (Å²) in [5, 5.41) is 9.47. The molecule has 3 nitrogen and oxygen atoms in total. The Balaban J connectivity index is 2.68. The number of carbonyl (C=O) groups is 1. The van der Waals surface area contributed by atoms with Gasteiger partial charge in [0.05, 0.1) is 5.92 Å². The molecule has 0 spiro atoms. The molecule has 0 radical (unpaired) electrons. The van der Waals surface area contributed by atoms with Crippen LogP contribution in [0.25, 0.3) is 0 Å². The van der Waals surface area contributed by atoms with Crippen molar-refractivity contribution in [3.63, 3.8) is 0 Å². The highest BCUT2D eigenvalue weighted by molar-refractivity contribution is 6.74. The van der Waals surface area contributed by atoms with Gasteiger partial charge in [0.15, 0.2) is 8.32 Å². The summed E-state index contributed by atoms with van der Waals surface area (Å²) >= 11 is 0. The van der Waals surface area contributed by atoms with Crippen molar-refractivity contribution in [2.45, 2.75) is 45.3 Å². The highest BCUT2D eigenvalue weighted by atomic mass is 28.4. The maximum atomic E-state index is 11.4. The average Bonchev–Trinajstić information content (AvgIpc) is 2.34. The highest BCUT2D eigenvalue weighted by Crippen LogP contribution is 2.36. The number of hydrogen-bond acceptors (Lipinski definition) is 2. The lowest BCUT2D eigenvalue weighted by atomic mass is 10.0. The molecule has 0 amide bonds. The normalized spacial score (nSPS) is 14.1. The third-order valence-electron chi connectivity index (χ3n) is 4.13. The Labute approximate surface area is 123 Å². The SMILES string of the molecule is CC(C)(C)[Si](C)(C)OCC(Cc1ccccc1)C(=O)O. The van der Waals surface area contributed by atoms with E-state index >= 15 is 0 Å². The van der Waals surface area contributed by atoms with E-state index in [-0.39, 0.29) is 5.04 Å². The first-order valence-corrected chi connectivity index (χ1v) is 9.95. The van der Waals surface area contributed by atoms with Crippen LogP contribution >= 0.6 is 0 Å². The molecule has 0 aliphatic rings. The van der Waals surface area contributed by atoms with Gasteiger partial charge in [-0.15, -0.1) is 0 Å². The molecule has 1 aromatic rings. The molecule has 4 heteroatoms. The van der Waals surface area contributed by atoms with Crippen LogP contribution < -0.4 is 0 Å². The van der Waals surface area contributed by atoms with Gasteiger partial charge in [0, 0.05) is 6.61 Å². The fraction of sp³-hybridized carbons (Fsp3) is 0.562. The van der Waals surface area contributed by atoms with Crippen molar-refractivity contribution >= 4 is 14.3 Å². The molecule has 0 aliphatic carbocycles. The molecule has 0 aliphatic heterocycles. The number of rotatable bonds is 6. The van der Waals surface area contributed by atoms with Crippen molar-refractivity contribution in [1.29, 1.82) is 0 Å². The summed E-state index contributed by atoms with van der Waals surface area (Å²) in [6, 6.07) is 9.72. The van der Waals surface area contributed by atoms with E-state index in [0.29, 0.717) is 13.0 Å². The highest BCUT2D eigenvalue weighted by Gasteiger charge is 2.38. The van der Waals surface area contributed by atoms with Crippen LogP contribution in [-0.4, -0.2) is 26.0 Å². The summed E-state index contributed by atoms with van der Waals surface area (Å²) in [5.41, 5.74) is 1.04. The predicted octanol–water partition coefficient (Wildman–Crippen LogP) is 3.95. The lowest BCUT2D eigenvalue weighted by molar-refractivity contribution is -0.142. The maximum Gasteiger partial charge on any atom is 0.309 e. The van der Waals surface area contributed by atoms with Gasteiger partial charge in [0.2, 0.25) is 0 Å². The van der Waals surface area contributed by atoms with E-state index in [2.05, 4.69) is 33.9 Å². The number of benzene rings is 1. The molecule has 1 atom stereocenters. The predicted molar refractivity (Wildman–Crippen MR) is 84.4 cm³/mol. The summed E-state index contributed by atoms with van der Waals surface area (Å²) in [7, 11) is -1.89. The third-order valence-corrected chi connectivity index (χ3v) is 8.63. The summed E-state index contributed by atoms with van der Waals surface area (Å²) in [4.78, 5) is 11.4. The molecule has 0 bridgehead atoms. The van der Waals surface area contributed by atoms with Crippen LogP contribution in [-0.2, 0) is 15.6 Å². The number of hydrogen-bond donors (Lipinski definition) is 1. The van der Waals surface area contributed by atoms with Gasteiger partial charge >= 0.3 is 5.97 Å². The van der Waals surface area contributed by atoms with E-state index in [1.165, 1.54) is 0 Å². The van der Waals surface area contributed by atoms with Crippen molar-refractivity contribution in [3.05, 3.63) is 35.9 Å². The fourth-order valence-corrected chi connectivity index (χ4v) is 2.69. The number of aliphatic carboxylic acids is 1. The molecule has 0 fully saturated rings. The Morgan fingerprint density at radius 3 is 2.25 bits per heavy atom. The molecule has 0 heterocycles. The van der Waals surface area contributed by atoms with Crippen molar-refractivity contribution in [1.82, 2.24) is 0 Å². The van der Waals surface area contributed by atoms with Crippen LogP contribution in [0.2, 0.25) is 18.1 Å². The minimum atomic E-state index is -1.89. The first-order chi connectivity index (χ1) is 9.13. The summed E-state index contributed by atoms with van der Waals surface area (Å²) in [6.07, 6.45) is 0.519. The van der Waals surface area contributed by atoms with Gasteiger partial charge in [-0.2, -0.15) is 0 Å². The molecule has 1 unspecified atom stereocenters. The maximum absolute atomic E-state index is 11.4. The quantitative estimate of drug-likeness (QED) is 0.808. The number of carboxylic acids is 1. The van der Waals surface area contributed by atoms with Crippen molar-refractivity contribution in [2.75, 3.05) is 6.61 Å². The van der Waals surface area contributed by atoms with E-state index in [9.17, 15) is 9.90 Å². The molecule has 1 rings (SSSR count). The van der Waals surface area contributed by atoms with Gasteiger partial charge in [-0.3, -0.25) is 4.79 Å². The molecule has 1 N–H and O–H groups in total. The molecule has 0 aromatic heterocycles. The van der Waals surface area contributed by atoms with Crippen LogP contribution in [0.3, 0.4) is 0 Å². The zero-order valence-corrected chi connectivity index (χ0v) is 14.1. The minimum Gasteiger partial charge on any atom is -0.481 e. The standard InChI is InChI=1S/C16H26O3Si/c1-16(2,3)20(4,5)19-12-14(15(17)18)11-13-9-7-6-8-10-13/h6-10,14H,11-12H2,1-5H3,(H,17,18). The van der Waals surface area contributed by atoms with Gasteiger partial charge < -0.3 is 9.53 Å². The van der Waals surface area contributed by atoms with Crippen molar-refractivity contribution < 1.29 is 14.3 Å². The Hall–Kier alpha value is -1.13. The minimum absolute atomic E-state index is 0.100. The largest absolute Gasteiger partial charge is 0.481 e. The third kappa shape index (κ3) is 4.76. The Kier molecular flexibility index (Phi) is 5.54. The van der Waals surface area contributed by atoms with E-state index in [0.717, 1.165) is 5.56 Å². The summed E-state index contributed by atoms with van der Waals surface area (Å²) < 4.78 is 6.05. The molecule has 0 saturated carbocycles. The second kappa shape index (κ2) is 6.55. The van der Waals surface area contributed by atoms with Crippen LogP contribution in [0, 0.1) is 5.92 Å². The van der Waals surface area contributed by atoms with E-state index in [1.807, 2.05) is 30.3 Å². The molecular formula is C16H26O3Si. The molecule has 0 saturated heterocycles. The fourth-order valence-electron chi connectivity index (χ4n) is 1.64. The van der Waals surface area contributed by atoms with E-state index in [4.69, 9.17) is 4.43 Å². The molecule has 20 heavy (non-hydrogen) atoms. The van der Waals surface area contributed by atoms with Gasteiger partial charge in [-0.1, -0.05) is 51.1 Å². The lowest BCUT2D eigenvalue weighted by Gasteiger charge is -2.36. The van der Waals surface area contributed by atoms with Gasteiger partial charge in [-0.25, -0.2) is 0 Å². The summed E-state index contributed by atoms with van der Waals surface area (Å²) in [6.45, 7) is 11.1. The van der Waals surface area contributed by atoms with E-state index in [1.54, 1.807) is 0 Å². The smallest absolute Gasteiger partial charge is 0.309 e. The molecule has 1 aromatic carbocycles. The Morgan fingerprint density at radius 1 is 1.25 bits per heavy atom. The van der Waals surface area contributed by atoms with Crippen LogP contribution in [0.1, 0.15) is 26.3 Å². The Morgan fingerprint density at radius 2 is 1.80 bits per heavy atom. The first-order valence-electron chi connectivity index (χ1n) is 7.04. The first kappa shape index (κ1) is 16.9. The van der Waals surface area contributed by atoms with Crippen molar-refractivity contribution in [3.8, 4) is 0 Å². The second-order valence-corrected chi connectivity index (χ2v) is 11.6. The second-order valence-electron chi connectivity index (χ2n) is 6.80. The lowest BCUT2D eigenvalue weighted by Crippen LogP contribution is -2.42. The average molecular weight is 294 g/mol. The Bertz CT molecular complexity index is 435. The van der Waals surface area contributed by atoms with Crippen molar-refractivity contribution in [2.24, 2.45) is 5.92 Å². The molecular weight excluding hydrogens is 268 g/mol. The summed E-state index contributed by atoms with van der Waals surface area (Å²) in [5.74, 6) is -1.26. The van der Waals surface area contributed by atoms with Crippen LogP contribution in [0.15, 0.2) is 30.3 Å². The van der Waals surface area contributed by atoms with Gasteiger partial charge in [0.25, 0.3) is 0 Å². The molecule has 112 valence electrons. The number of carboxylic acid groups (broad SMARTS) is 1. The van der Waals surface area contributed by atoms with Crippen LogP contribution in [0.4, 0.5) is 0 Å². The van der Waals surface area contributed by atoms with Crippen LogP contribution in [0.5, 0.6) is 0 Å². The zero-order valence-electron chi connectivity index (χ0n) is 13.1. The zero-order chi connectivity index (χ0) is 15.4. The van der Waals surface area contributed by atoms with E-state index < -0.39 is 20.2 Å². The monoisotopic (exact) mass is 294 g/mol. The van der Waals surface area contributed by atoms with Gasteiger partial charge in [-0.05, 0) is 30.1 Å². The van der Waals surface area contributed by atoms with Gasteiger partial charge in [0.1, 0.15) is 0 Å². The topological polar surface area (TPSA) is 46.5 Å².